The lowest BCUT2D eigenvalue weighted by Crippen LogP contribution is -2.04. The van der Waals surface area contributed by atoms with Crippen LogP contribution < -0.4 is 0 Å². The summed E-state index contributed by atoms with van der Waals surface area (Å²) in [5.41, 5.74) is 4.19. The van der Waals surface area contributed by atoms with Gasteiger partial charge in [0.05, 0.1) is 11.1 Å². The summed E-state index contributed by atoms with van der Waals surface area (Å²) in [7, 11) is 0. The quantitative estimate of drug-likeness (QED) is 0.223. The molecule has 0 fully saturated rings. The highest BCUT2D eigenvalue weighted by Crippen LogP contribution is 2.36. The molecule has 1 heterocycles. The van der Waals surface area contributed by atoms with Gasteiger partial charge in [0.25, 0.3) is 0 Å². The molecule has 2 aromatic carbocycles. The largest absolute Gasteiger partial charge is 0.358 e. The monoisotopic (exact) mass is 552 g/mol. The van der Waals surface area contributed by atoms with Crippen molar-refractivity contribution in [2.24, 2.45) is 4.99 Å². The van der Waals surface area contributed by atoms with E-state index in [-0.39, 0.29) is 16.3 Å². The summed E-state index contributed by atoms with van der Waals surface area (Å²) in [5, 5.41) is 18.1. The molecule has 1 aromatic heterocycles. The minimum atomic E-state index is -0.871. The van der Waals surface area contributed by atoms with Crippen LogP contribution in [-0.2, 0) is 6.42 Å². The number of fused-ring (bicyclic) bond motifs is 1. The fraction of sp³-hybridized carbons (Fsp3) is 0.323. The molecule has 8 heteroatoms. The number of allylic oxidation sites excluding steroid dienone is 4. The lowest BCUT2D eigenvalue weighted by atomic mass is 9.92. The third-order valence-electron chi connectivity index (χ3n) is 6.08. The van der Waals surface area contributed by atoms with Crippen molar-refractivity contribution >= 4 is 28.2 Å². The van der Waals surface area contributed by atoms with Crippen molar-refractivity contribution in [2.75, 3.05) is 0 Å². The maximum absolute atomic E-state index is 14.2. The Morgan fingerprint density at radius 3 is 2.44 bits per heavy atom. The molecular formula is C31H32ClF3N4. The number of rotatable bonds is 8. The number of hydrogen-bond acceptors (Lipinski definition) is 3. The van der Waals surface area contributed by atoms with Crippen LogP contribution in [0.1, 0.15) is 76.6 Å². The van der Waals surface area contributed by atoms with E-state index in [2.05, 4.69) is 16.9 Å². The van der Waals surface area contributed by atoms with Gasteiger partial charge in [0.15, 0.2) is 11.6 Å². The molecule has 4 nitrogen and oxygen atoms in total. The van der Waals surface area contributed by atoms with Gasteiger partial charge in [0, 0.05) is 33.8 Å². The molecule has 204 valence electrons. The van der Waals surface area contributed by atoms with E-state index >= 15 is 0 Å². The maximum Gasteiger partial charge on any atom is 0.162 e. The van der Waals surface area contributed by atoms with E-state index in [4.69, 9.17) is 22.1 Å². The fourth-order valence-electron chi connectivity index (χ4n) is 4.13. The van der Waals surface area contributed by atoms with Gasteiger partial charge in [-0.25, -0.2) is 18.2 Å². The molecule has 0 radical (unpaired) electrons. The smallest absolute Gasteiger partial charge is 0.162 e. The Labute approximate surface area is 233 Å². The van der Waals surface area contributed by atoms with E-state index < -0.39 is 23.4 Å². The first-order valence-corrected chi connectivity index (χ1v) is 13.1. The van der Waals surface area contributed by atoms with Crippen molar-refractivity contribution < 1.29 is 13.2 Å². The topological polar surface area (TPSA) is 75.7 Å². The summed E-state index contributed by atoms with van der Waals surface area (Å²) < 4.78 is 41.7. The van der Waals surface area contributed by atoms with E-state index in [1.807, 2.05) is 39.0 Å². The van der Waals surface area contributed by atoms with Crippen molar-refractivity contribution in [3.05, 3.63) is 93.0 Å². The minimum Gasteiger partial charge on any atom is -0.358 e. The highest BCUT2D eigenvalue weighted by atomic mass is 35.5. The van der Waals surface area contributed by atoms with Gasteiger partial charge in [-0.05, 0) is 68.5 Å². The summed E-state index contributed by atoms with van der Waals surface area (Å²) in [6.45, 7) is 9.37. The van der Waals surface area contributed by atoms with E-state index in [0.717, 1.165) is 54.1 Å². The van der Waals surface area contributed by atoms with Crippen LogP contribution in [0.5, 0.6) is 0 Å². The molecule has 0 aliphatic heterocycles. The first kappa shape index (κ1) is 31.4. The SMILES string of the molecule is CC/C=C(C)/N=C(C#N)/C=C(\C)C#N.CCCCc1c(C(C)c2cccc(F)c2F)[nH]c2cc(F)c(Cl)cc12. The Bertz CT molecular complexity index is 1490. The van der Waals surface area contributed by atoms with Gasteiger partial charge < -0.3 is 4.98 Å². The van der Waals surface area contributed by atoms with Gasteiger partial charge in [-0.3, -0.25) is 0 Å². The number of nitrogens with one attached hydrogen (secondary N) is 1. The second-order valence-corrected chi connectivity index (χ2v) is 9.51. The highest BCUT2D eigenvalue weighted by Gasteiger charge is 2.22. The number of aromatic nitrogens is 1. The van der Waals surface area contributed by atoms with Crippen LogP contribution >= 0.6 is 11.6 Å². The molecule has 0 spiro atoms. The number of halogens is 4. The Hall–Kier alpha value is -3.81. The van der Waals surface area contributed by atoms with E-state index in [9.17, 15) is 13.2 Å². The first-order valence-electron chi connectivity index (χ1n) is 12.7. The third kappa shape index (κ3) is 8.34. The van der Waals surface area contributed by atoms with Crippen LogP contribution in [0, 0.1) is 40.1 Å². The molecular weight excluding hydrogens is 521 g/mol. The molecule has 1 atom stereocenters. The zero-order valence-electron chi connectivity index (χ0n) is 22.8. The molecule has 3 rings (SSSR count). The molecule has 0 aliphatic rings. The summed E-state index contributed by atoms with van der Waals surface area (Å²) in [5.74, 6) is -2.62. The number of nitriles is 2. The first-order chi connectivity index (χ1) is 18.6. The number of nitrogens with zero attached hydrogens (tertiary/aromatic N) is 3. The molecule has 3 aromatic rings. The number of H-pyrrole nitrogens is 1. The van der Waals surface area contributed by atoms with Crippen LogP contribution in [0.15, 0.2) is 58.7 Å². The number of aliphatic imine (C=N–C) groups is 1. The number of hydrogen-bond donors (Lipinski definition) is 1. The van der Waals surface area contributed by atoms with Crippen molar-refractivity contribution in [1.29, 1.82) is 10.5 Å². The zero-order chi connectivity index (χ0) is 29.1. The molecule has 39 heavy (non-hydrogen) atoms. The van der Waals surface area contributed by atoms with Gasteiger partial charge in [0.1, 0.15) is 17.6 Å². The van der Waals surface area contributed by atoms with Gasteiger partial charge in [-0.2, -0.15) is 10.5 Å². The number of unbranched alkanes of at least 4 members (excludes halogenated alkanes) is 1. The van der Waals surface area contributed by atoms with Gasteiger partial charge in [0.2, 0.25) is 0 Å². The Balaban J connectivity index is 0.000000326. The molecule has 1 N–H and O–H groups in total. The Kier molecular flexibility index (Phi) is 12.0. The molecule has 0 bridgehead atoms. The minimum absolute atomic E-state index is 0.0559. The fourth-order valence-corrected chi connectivity index (χ4v) is 4.29. The average molecular weight is 553 g/mol. The lowest BCUT2D eigenvalue weighted by Gasteiger charge is -2.15. The normalized spacial score (nSPS) is 12.9. The van der Waals surface area contributed by atoms with Gasteiger partial charge in [-0.1, -0.05) is 57.0 Å². The van der Waals surface area contributed by atoms with E-state index in [0.29, 0.717) is 11.1 Å². The summed E-state index contributed by atoms with van der Waals surface area (Å²) in [6, 6.07) is 11.0. The third-order valence-corrected chi connectivity index (χ3v) is 6.37. The molecule has 0 amide bonds. The summed E-state index contributed by atoms with van der Waals surface area (Å²) in [4.78, 5) is 7.26. The number of aromatic amines is 1. The van der Waals surface area contributed by atoms with E-state index in [1.165, 1.54) is 18.2 Å². The van der Waals surface area contributed by atoms with Crippen molar-refractivity contribution in [2.45, 2.75) is 66.2 Å². The molecule has 0 aliphatic carbocycles. The molecule has 0 saturated carbocycles. The van der Waals surface area contributed by atoms with Crippen LogP contribution in [0.25, 0.3) is 10.9 Å². The summed E-state index contributed by atoms with van der Waals surface area (Å²) >= 11 is 5.95. The predicted molar refractivity (Wildman–Crippen MR) is 152 cm³/mol. The molecule has 0 saturated heterocycles. The number of aryl methyl sites for hydroxylation is 1. The lowest BCUT2D eigenvalue weighted by molar-refractivity contribution is 0.495. The highest BCUT2D eigenvalue weighted by molar-refractivity contribution is 6.31. The Morgan fingerprint density at radius 2 is 1.82 bits per heavy atom. The average Bonchev–Trinajstić information content (AvgIpc) is 3.25. The standard InChI is InChI=1S/C20H19ClF3N.C11H13N3/c1-3-4-6-13-14-9-15(21)17(23)10-18(14)25-20(13)11(2)12-7-5-8-16(22)19(12)24;1-4-5-10(3)14-11(8-13)6-9(2)7-12/h5,7-11,25H,3-4,6H2,1-2H3;5-6H,4H2,1-3H3/b;9-6+,10-5+,14-11-. The van der Waals surface area contributed by atoms with Crippen molar-refractivity contribution in [1.82, 2.24) is 4.98 Å². The summed E-state index contributed by atoms with van der Waals surface area (Å²) in [6.07, 6.45) is 6.97. The second kappa shape index (κ2) is 15.0. The van der Waals surface area contributed by atoms with Crippen LogP contribution in [0.3, 0.4) is 0 Å². The Morgan fingerprint density at radius 1 is 1.10 bits per heavy atom. The van der Waals surface area contributed by atoms with Crippen LogP contribution in [-0.4, -0.2) is 10.7 Å². The molecule has 1 unspecified atom stereocenters. The second-order valence-electron chi connectivity index (χ2n) is 9.10. The van der Waals surface area contributed by atoms with Gasteiger partial charge in [-0.15, -0.1) is 0 Å². The van der Waals surface area contributed by atoms with Gasteiger partial charge >= 0.3 is 0 Å². The van der Waals surface area contributed by atoms with Crippen LogP contribution in [0.4, 0.5) is 13.2 Å². The number of benzene rings is 2. The van der Waals surface area contributed by atoms with Crippen molar-refractivity contribution in [3.63, 3.8) is 0 Å². The predicted octanol–water partition coefficient (Wildman–Crippen LogP) is 9.47. The van der Waals surface area contributed by atoms with E-state index in [1.54, 1.807) is 19.1 Å². The van der Waals surface area contributed by atoms with Crippen LogP contribution in [0.2, 0.25) is 5.02 Å². The zero-order valence-corrected chi connectivity index (χ0v) is 23.6. The maximum atomic E-state index is 14.2. The van der Waals surface area contributed by atoms with Crippen molar-refractivity contribution in [3.8, 4) is 12.1 Å².